The van der Waals surface area contributed by atoms with E-state index in [-0.39, 0.29) is 5.75 Å². The van der Waals surface area contributed by atoms with Gasteiger partial charge >= 0.3 is 6.36 Å². The van der Waals surface area contributed by atoms with Crippen molar-refractivity contribution in [2.24, 2.45) is 0 Å². The van der Waals surface area contributed by atoms with Crippen molar-refractivity contribution < 1.29 is 17.9 Å². The second-order valence-electron chi connectivity index (χ2n) is 6.94. The average Bonchev–Trinajstić information content (AvgIpc) is 3.15. The molecule has 2 heterocycles. The standard InChI is InChI=1S/C21H21F3N2OS/c22-21(23,24)27-19-4-1-15(2-5-19)14-26(17-7-10-25-11-8-17)18-3-6-20-16(13-18)9-12-28-20/h1-6,9,12-13,17,25H,7-8,10-11,14H2. The SMILES string of the molecule is FC(F)(F)Oc1ccc(CN(c2ccc3sccc3c2)C2CCNCC2)cc1. The molecule has 4 rings (SSSR count). The van der Waals surface area contributed by atoms with Gasteiger partial charge < -0.3 is 15.0 Å². The molecule has 1 N–H and O–H groups in total. The Morgan fingerprint density at radius 2 is 1.79 bits per heavy atom. The summed E-state index contributed by atoms with van der Waals surface area (Å²) in [7, 11) is 0. The van der Waals surface area contributed by atoms with Gasteiger partial charge in [-0.2, -0.15) is 0 Å². The van der Waals surface area contributed by atoms with Crippen molar-refractivity contribution in [2.45, 2.75) is 31.8 Å². The predicted molar refractivity (Wildman–Crippen MR) is 107 cm³/mol. The van der Waals surface area contributed by atoms with Crippen LogP contribution < -0.4 is 15.0 Å². The first-order valence-electron chi connectivity index (χ1n) is 9.27. The number of nitrogens with one attached hydrogen (secondary N) is 1. The topological polar surface area (TPSA) is 24.5 Å². The van der Waals surface area contributed by atoms with Crippen LogP contribution in [0.5, 0.6) is 5.75 Å². The van der Waals surface area contributed by atoms with E-state index in [0.29, 0.717) is 12.6 Å². The van der Waals surface area contributed by atoms with E-state index in [1.807, 2.05) is 0 Å². The summed E-state index contributed by atoms with van der Waals surface area (Å²) < 4.78 is 42.4. The van der Waals surface area contributed by atoms with Gasteiger partial charge in [0.25, 0.3) is 0 Å². The lowest BCUT2D eigenvalue weighted by atomic mass is 10.0. The van der Waals surface area contributed by atoms with Crippen molar-refractivity contribution in [1.29, 1.82) is 0 Å². The molecule has 0 saturated carbocycles. The second kappa shape index (κ2) is 8.01. The first-order chi connectivity index (χ1) is 13.5. The van der Waals surface area contributed by atoms with Crippen LogP contribution in [-0.2, 0) is 6.54 Å². The number of alkyl halides is 3. The first-order valence-corrected chi connectivity index (χ1v) is 10.2. The van der Waals surface area contributed by atoms with Gasteiger partial charge in [-0.25, -0.2) is 0 Å². The largest absolute Gasteiger partial charge is 0.573 e. The van der Waals surface area contributed by atoms with Gasteiger partial charge in [-0.15, -0.1) is 24.5 Å². The summed E-state index contributed by atoms with van der Waals surface area (Å²) in [4.78, 5) is 2.37. The minimum atomic E-state index is -4.67. The number of fused-ring (bicyclic) bond motifs is 1. The minimum absolute atomic E-state index is 0.190. The number of piperidine rings is 1. The number of ether oxygens (including phenoxy) is 1. The number of nitrogens with zero attached hydrogens (tertiary/aromatic N) is 1. The Hall–Kier alpha value is -2.25. The number of anilines is 1. The summed E-state index contributed by atoms with van der Waals surface area (Å²) >= 11 is 1.72. The average molecular weight is 406 g/mol. The number of halogens is 3. The lowest BCUT2D eigenvalue weighted by Crippen LogP contribution is -2.43. The minimum Gasteiger partial charge on any atom is -0.406 e. The van der Waals surface area contributed by atoms with E-state index in [9.17, 15) is 13.2 Å². The normalized spacial score (nSPS) is 15.7. The Labute approximate surface area is 165 Å². The zero-order chi connectivity index (χ0) is 19.6. The summed E-state index contributed by atoms with van der Waals surface area (Å²) in [6.07, 6.45) is -2.59. The molecular weight excluding hydrogens is 385 g/mol. The van der Waals surface area contributed by atoms with Crippen LogP contribution in [0.3, 0.4) is 0 Å². The van der Waals surface area contributed by atoms with Crippen molar-refractivity contribution in [2.75, 3.05) is 18.0 Å². The predicted octanol–water partition coefficient (Wildman–Crippen LogP) is 5.56. The number of rotatable bonds is 5. The molecule has 1 aromatic heterocycles. The van der Waals surface area contributed by atoms with Crippen molar-refractivity contribution in [3.63, 3.8) is 0 Å². The monoisotopic (exact) mass is 406 g/mol. The van der Waals surface area contributed by atoms with Crippen molar-refractivity contribution in [3.05, 3.63) is 59.5 Å². The fraction of sp³-hybridized carbons (Fsp3) is 0.333. The third-order valence-electron chi connectivity index (χ3n) is 5.03. The highest BCUT2D eigenvalue weighted by molar-refractivity contribution is 7.17. The van der Waals surface area contributed by atoms with Crippen LogP contribution in [-0.4, -0.2) is 25.5 Å². The fourth-order valence-electron chi connectivity index (χ4n) is 3.68. The highest BCUT2D eigenvalue weighted by Gasteiger charge is 2.31. The summed E-state index contributed by atoms with van der Waals surface area (Å²) in [5.41, 5.74) is 2.10. The van der Waals surface area contributed by atoms with Crippen LogP contribution >= 0.6 is 11.3 Å². The molecule has 0 amide bonds. The summed E-state index contributed by atoms with van der Waals surface area (Å²) in [5.74, 6) is -0.190. The van der Waals surface area contributed by atoms with Gasteiger partial charge in [0.15, 0.2) is 0 Å². The van der Waals surface area contributed by atoms with Gasteiger partial charge in [-0.05, 0) is 78.7 Å². The molecule has 3 nitrogen and oxygen atoms in total. The molecule has 1 aliphatic rings. The van der Waals surface area contributed by atoms with Gasteiger partial charge in [0.1, 0.15) is 5.75 Å². The molecule has 0 aliphatic carbocycles. The second-order valence-corrected chi connectivity index (χ2v) is 7.89. The highest BCUT2D eigenvalue weighted by atomic mass is 32.1. The molecular formula is C21H21F3N2OS. The van der Waals surface area contributed by atoms with Crippen LogP contribution in [0.2, 0.25) is 0 Å². The molecule has 148 valence electrons. The van der Waals surface area contributed by atoms with E-state index < -0.39 is 6.36 Å². The van der Waals surface area contributed by atoms with Crippen LogP contribution in [0.25, 0.3) is 10.1 Å². The Kier molecular flexibility index (Phi) is 5.46. The van der Waals surface area contributed by atoms with Crippen molar-refractivity contribution >= 4 is 27.1 Å². The fourth-order valence-corrected chi connectivity index (χ4v) is 4.45. The molecule has 7 heteroatoms. The van der Waals surface area contributed by atoms with Crippen molar-refractivity contribution in [3.8, 4) is 5.75 Å². The number of hydrogen-bond acceptors (Lipinski definition) is 4. The maximum Gasteiger partial charge on any atom is 0.573 e. The molecule has 1 saturated heterocycles. The van der Waals surface area contributed by atoms with Crippen molar-refractivity contribution in [1.82, 2.24) is 5.32 Å². The van der Waals surface area contributed by atoms with Gasteiger partial charge in [-0.3, -0.25) is 0 Å². The lowest BCUT2D eigenvalue weighted by Gasteiger charge is -2.36. The molecule has 1 fully saturated rings. The van der Waals surface area contributed by atoms with E-state index >= 15 is 0 Å². The van der Waals surface area contributed by atoms with E-state index in [2.05, 4.69) is 44.6 Å². The van der Waals surface area contributed by atoms with E-state index in [1.54, 1.807) is 23.5 Å². The molecule has 0 bridgehead atoms. The summed E-state index contributed by atoms with van der Waals surface area (Å²) in [6, 6.07) is 15.2. The zero-order valence-electron chi connectivity index (χ0n) is 15.2. The van der Waals surface area contributed by atoms with Gasteiger partial charge in [0, 0.05) is 23.0 Å². The summed E-state index contributed by atoms with van der Waals surface area (Å²) in [5, 5.41) is 6.70. The van der Waals surface area contributed by atoms with Gasteiger partial charge in [0.2, 0.25) is 0 Å². The first kappa shape index (κ1) is 19.1. The van der Waals surface area contributed by atoms with Crippen LogP contribution in [0.15, 0.2) is 53.9 Å². The quantitative estimate of drug-likeness (QED) is 0.601. The Bertz CT molecular complexity index is 917. The number of hydrogen-bond donors (Lipinski definition) is 1. The van der Waals surface area contributed by atoms with E-state index in [1.165, 1.54) is 22.2 Å². The third kappa shape index (κ3) is 4.59. The van der Waals surface area contributed by atoms with E-state index in [4.69, 9.17) is 0 Å². The van der Waals surface area contributed by atoms with Gasteiger partial charge in [0.05, 0.1) is 0 Å². The molecule has 0 unspecified atom stereocenters. The maximum absolute atomic E-state index is 12.4. The Balaban J connectivity index is 1.58. The third-order valence-corrected chi connectivity index (χ3v) is 5.92. The van der Waals surface area contributed by atoms with E-state index in [0.717, 1.165) is 37.2 Å². The summed E-state index contributed by atoms with van der Waals surface area (Å²) in [6.45, 7) is 2.59. The molecule has 3 aromatic rings. The van der Waals surface area contributed by atoms with Crippen LogP contribution in [0, 0.1) is 0 Å². The smallest absolute Gasteiger partial charge is 0.406 e. The molecule has 0 radical (unpaired) electrons. The maximum atomic E-state index is 12.4. The van der Waals surface area contributed by atoms with Crippen LogP contribution in [0.4, 0.5) is 18.9 Å². The highest BCUT2D eigenvalue weighted by Crippen LogP contribution is 2.30. The molecule has 2 aromatic carbocycles. The van der Waals surface area contributed by atoms with Gasteiger partial charge in [-0.1, -0.05) is 12.1 Å². The zero-order valence-corrected chi connectivity index (χ0v) is 16.0. The molecule has 28 heavy (non-hydrogen) atoms. The number of benzene rings is 2. The lowest BCUT2D eigenvalue weighted by molar-refractivity contribution is -0.274. The molecule has 0 spiro atoms. The Morgan fingerprint density at radius 3 is 2.50 bits per heavy atom. The van der Waals surface area contributed by atoms with Crippen LogP contribution in [0.1, 0.15) is 18.4 Å². The Morgan fingerprint density at radius 1 is 1.04 bits per heavy atom. The number of thiophene rings is 1. The molecule has 0 atom stereocenters. The molecule has 1 aliphatic heterocycles.